The predicted octanol–water partition coefficient (Wildman–Crippen LogP) is 5.79. The van der Waals surface area contributed by atoms with E-state index in [1.807, 2.05) is 0 Å². The summed E-state index contributed by atoms with van der Waals surface area (Å²) in [5.74, 6) is 1.00. The number of unbranched alkanes of at least 4 members (excludes halogenated alkanes) is 6. The van der Waals surface area contributed by atoms with E-state index in [-0.39, 0.29) is 6.29 Å². The van der Waals surface area contributed by atoms with E-state index < -0.39 is 0 Å². The Kier molecular flexibility index (Phi) is 11.5. The van der Waals surface area contributed by atoms with Crippen molar-refractivity contribution in [1.29, 1.82) is 0 Å². The molecule has 0 N–H and O–H groups in total. The zero-order valence-electron chi connectivity index (χ0n) is 17.3. The highest BCUT2D eigenvalue weighted by Crippen LogP contribution is 2.25. The van der Waals surface area contributed by atoms with Gasteiger partial charge in [0, 0.05) is 20.3 Å². The van der Waals surface area contributed by atoms with Gasteiger partial charge in [0.05, 0.1) is 0 Å². The van der Waals surface area contributed by atoms with Gasteiger partial charge in [-0.15, -0.1) is 0 Å². The Morgan fingerprint density at radius 2 is 1.78 bits per heavy atom. The van der Waals surface area contributed by atoms with E-state index >= 15 is 0 Å². The van der Waals surface area contributed by atoms with Crippen LogP contribution in [0.5, 0.6) is 5.75 Å². The van der Waals surface area contributed by atoms with Crippen molar-refractivity contribution in [2.24, 2.45) is 0 Å². The van der Waals surface area contributed by atoms with Gasteiger partial charge in [-0.05, 0) is 56.6 Å². The smallest absolute Gasteiger partial charge is 0.188 e. The molecule has 0 amide bonds. The molecule has 1 fully saturated rings. The molecule has 1 unspecified atom stereocenters. The summed E-state index contributed by atoms with van der Waals surface area (Å²) in [7, 11) is 1.66. The third kappa shape index (κ3) is 9.09. The quantitative estimate of drug-likeness (QED) is 0.303. The number of methoxy groups -OCH3 is 1. The lowest BCUT2D eigenvalue weighted by atomic mass is 10.0. The number of benzene rings is 1. The fourth-order valence-electron chi connectivity index (χ4n) is 3.59. The van der Waals surface area contributed by atoms with Gasteiger partial charge in [0.25, 0.3) is 0 Å². The molecular weight excluding hydrogens is 340 g/mol. The Morgan fingerprint density at radius 1 is 1.00 bits per heavy atom. The molecule has 0 bridgehead atoms. The molecule has 0 aliphatic carbocycles. The predicted molar refractivity (Wildman–Crippen MR) is 109 cm³/mol. The Morgan fingerprint density at radius 3 is 2.52 bits per heavy atom. The standard InChI is InChI=1S/C23H38O4/c1-20-13-12-15-21(23(20)27-19-24-2)14-8-6-4-3-5-7-10-17-25-22-16-9-11-18-26-22/h12-13,15,22H,3-11,14,16-19H2,1-2H3. The first-order valence-corrected chi connectivity index (χ1v) is 10.7. The first-order chi connectivity index (χ1) is 13.3. The van der Waals surface area contributed by atoms with Crippen molar-refractivity contribution >= 4 is 0 Å². The third-order valence-corrected chi connectivity index (χ3v) is 5.15. The lowest BCUT2D eigenvalue weighted by Crippen LogP contribution is -2.22. The third-order valence-electron chi connectivity index (χ3n) is 5.15. The second-order valence-electron chi connectivity index (χ2n) is 7.51. The highest BCUT2D eigenvalue weighted by Gasteiger charge is 2.13. The van der Waals surface area contributed by atoms with Crippen LogP contribution in [0.25, 0.3) is 0 Å². The number of ether oxygens (including phenoxy) is 4. The van der Waals surface area contributed by atoms with E-state index in [4.69, 9.17) is 18.9 Å². The first-order valence-electron chi connectivity index (χ1n) is 10.7. The zero-order chi connectivity index (χ0) is 19.2. The maximum Gasteiger partial charge on any atom is 0.188 e. The van der Waals surface area contributed by atoms with Crippen molar-refractivity contribution in [3.8, 4) is 5.75 Å². The molecule has 2 rings (SSSR count). The van der Waals surface area contributed by atoms with Crippen LogP contribution in [-0.4, -0.2) is 33.4 Å². The fraction of sp³-hybridized carbons (Fsp3) is 0.739. The number of hydrogen-bond donors (Lipinski definition) is 0. The molecule has 4 heteroatoms. The molecule has 1 aromatic carbocycles. The van der Waals surface area contributed by atoms with Gasteiger partial charge in [-0.3, -0.25) is 0 Å². The van der Waals surface area contributed by atoms with Gasteiger partial charge in [-0.2, -0.15) is 0 Å². The van der Waals surface area contributed by atoms with Crippen LogP contribution < -0.4 is 4.74 Å². The molecule has 0 radical (unpaired) electrons. The number of hydrogen-bond acceptors (Lipinski definition) is 4. The second kappa shape index (κ2) is 14.0. The summed E-state index contributed by atoms with van der Waals surface area (Å²) in [5, 5.41) is 0. The van der Waals surface area contributed by atoms with Crippen LogP contribution in [0.2, 0.25) is 0 Å². The molecular formula is C23H38O4. The van der Waals surface area contributed by atoms with Crippen molar-refractivity contribution in [3.05, 3.63) is 29.3 Å². The second-order valence-corrected chi connectivity index (χ2v) is 7.51. The minimum absolute atomic E-state index is 0.0677. The zero-order valence-corrected chi connectivity index (χ0v) is 17.3. The number of rotatable bonds is 14. The van der Waals surface area contributed by atoms with E-state index in [0.717, 1.165) is 38.2 Å². The van der Waals surface area contributed by atoms with Crippen LogP contribution in [0.1, 0.15) is 75.3 Å². The molecule has 1 saturated heterocycles. The number of para-hydroxylation sites is 1. The lowest BCUT2D eigenvalue weighted by Gasteiger charge is -2.22. The molecule has 0 saturated carbocycles. The minimum Gasteiger partial charge on any atom is -0.467 e. The van der Waals surface area contributed by atoms with Crippen molar-refractivity contribution in [1.82, 2.24) is 0 Å². The van der Waals surface area contributed by atoms with Crippen molar-refractivity contribution in [2.75, 3.05) is 27.1 Å². The molecule has 1 aromatic rings. The summed E-state index contributed by atoms with van der Waals surface area (Å²) in [6.07, 6.45) is 13.5. The molecule has 1 aliphatic heterocycles. The summed E-state index contributed by atoms with van der Waals surface area (Å²) in [5.41, 5.74) is 2.49. The first kappa shape index (κ1) is 22.2. The molecule has 4 nitrogen and oxygen atoms in total. The van der Waals surface area contributed by atoms with Crippen LogP contribution in [0.4, 0.5) is 0 Å². The van der Waals surface area contributed by atoms with E-state index in [2.05, 4.69) is 25.1 Å². The monoisotopic (exact) mass is 378 g/mol. The van der Waals surface area contributed by atoms with E-state index in [1.54, 1.807) is 7.11 Å². The van der Waals surface area contributed by atoms with Crippen LogP contribution in [-0.2, 0) is 20.6 Å². The van der Waals surface area contributed by atoms with Gasteiger partial charge < -0.3 is 18.9 Å². The van der Waals surface area contributed by atoms with Gasteiger partial charge in [0.1, 0.15) is 5.75 Å². The topological polar surface area (TPSA) is 36.9 Å². The number of aryl methyl sites for hydroxylation is 2. The van der Waals surface area contributed by atoms with Crippen LogP contribution in [0, 0.1) is 6.92 Å². The van der Waals surface area contributed by atoms with Crippen molar-refractivity contribution in [3.63, 3.8) is 0 Å². The molecule has 1 heterocycles. The summed E-state index contributed by atoms with van der Waals surface area (Å²) in [4.78, 5) is 0. The highest BCUT2D eigenvalue weighted by atomic mass is 16.7. The summed E-state index contributed by atoms with van der Waals surface area (Å²) in [6.45, 7) is 4.13. The lowest BCUT2D eigenvalue weighted by molar-refractivity contribution is -0.162. The molecule has 0 spiro atoms. The van der Waals surface area contributed by atoms with Gasteiger partial charge in [-0.1, -0.05) is 50.3 Å². The van der Waals surface area contributed by atoms with Crippen LogP contribution in [0.15, 0.2) is 18.2 Å². The van der Waals surface area contributed by atoms with E-state index in [9.17, 15) is 0 Å². The van der Waals surface area contributed by atoms with Crippen LogP contribution in [0.3, 0.4) is 0 Å². The molecule has 1 aliphatic rings. The van der Waals surface area contributed by atoms with E-state index in [1.165, 1.54) is 62.5 Å². The maximum atomic E-state index is 5.78. The normalized spacial score (nSPS) is 17.2. The average Bonchev–Trinajstić information content (AvgIpc) is 2.69. The Bertz CT molecular complexity index is 497. The summed E-state index contributed by atoms with van der Waals surface area (Å²) >= 11 is 0. The van der Waals surface area contributed by atoms with E-state index in [0.29, 0.717) is 6.79 Å². The Labute approximate surface area is 165 Å². The summed E-state index contributed by atoms with van der Waals surface area (Å²) < 4.78 is 22.2. The molecule has 154 valence electrons. The Hall–Kier alpha value is -1.10. The van der Waals surface area contributed by atoms with Gasteiger partial charge in [0.15, 0.2) is 13.1 Å². The van der Waals surface area contributed by atoms with Gasteiger partial charge in [0.2, 0.25) is 0 Å². The molecule has 27 heavy (non-hydrogen) atoms. The molecule has 1 atom stereocenters. The van der Waals surface area contributed by atoms with Gasteiger partial charge in [-0.25, -0.2) is 0 Å². The maximum absolute atomic E-state index is 5.78. The van der Waals surface area contributed by atoms with Crippen LogP contribution >= 0.6 is 0 Å². The fourth-order valence-corrected chi connectivity index (χ4v) is 3.59. The average molecular weight is 379 g/mol. The largest absolute Gasteiger partial charge is 0.467 e. The minimum atomic E-state index is 0.0677. The van der Waals surface area contributed by atoms with Crippen molar-refractivity contribution in [2.45, 2.75) is 83.8 Å². The SMILES string of the molecule is COCOc1c(C)cccc1CCCCCCCCCOC1CCCCO1. The highest BCUT2D eigenvalue weighted by molar-refractivity contribution is 5.40. The van der Waals surface area contributed by atoms with Crippen molar-refractivity contribution < 1.29 is 18.9 Å². The molecule has 0 aromatic heterocycles. The summed E-state index contributed by atoms with van der Waals surface area (Å²) in [6, 6.07) is 6.39. The van der Waals surface area contributed by atoms with Gasteiger partial charge >= 0.3 is 0 Å². The Balaban J connectivity index is 1.47.